The summed E-state index contributed by atoms with van der Waals surface area (Å²) >= 11 is 0. The Morgan fingerprint density at radius 1 is 0.972 bits per heavy atom. The number of nitrogens with zero attached hydrogens (tertiary/aromatic N) is 2. The maximum atomic E-state index is 13.6. The van der Waals surface area contributed by atoms with Crippen LogP contribution in [0.4, 0.5) is 15.8 Å². The fourth-order valence-electron chi connectivity index (χ4n) is 4.91. The van der Waals surface area contributed by atoms with Crippen LogP contribution in [0, 0.1) is 15.9 Å². The number of fused-ring (bicyclic) bond motifs is 1. The molecule has 1 aliphatic carbocycles. The maximum Gasteiger partial charge on any atom is 0.311 e. The fourth-order valence-corrected chi connectivity index (χ4v) is 4.91. The van der Waals surface area contributed by atoms with E-state index in [1.165, 1.54) is 18.2 Å². The maximum absolute atomic E-state index is 13.6. The third-order valence-corrected chi connectivity index (χ3v) is 6.68. The van der Waals surface area contributed by atoms with Gasteiger partial charge in [0.1, 0.15) is 11.6 Å². The number of benzene rings is 3. The Bertz CT molecular complexity index is 1450. The Labute approximate surface area is 205 Å². The van der Waals surface area contributed by atoms with E-state index in [1.54, 1.807) is 12.1 Å². The standard InChI is InChI=1S/C27H21FN2O6/c28-19-8-10-20(11-9-19)29-24(17-7-12-22(31)21(14-17)30(35)36)23(26(33)27(29)34)25(32)18-6-5-15-3-1-2-4-16(15)13-18/h5-14,24,31-32H,1-4H2/b25-23+. The second-order valence-electron chi connectivity index (χ2n) is 8.84. The molecule has 36 heavy (non-hydrogen) atoms. The number of aryl methyl sites for hydroxylation is 2. The number of Topliss-reactive ketones (excluding diaryl/α,β-unsaturated/α-hetero) is 1. The van der Waals surface area contributed by atoms with Gasteiger partial charge in [0.2, 0.25) is 0 Å². The number of amides is 1. The normalized spacial score (nSPS) is 18.8. The molecule has 1 heterocycles. The lowest BCUT2D eigenvalue weighted by Crippen LogP contribution is -2.29. The van der Waals surface area contributed by atoms with Crippen molar-refractivity contribution in [2.75, 3.05) is 4.90 Å². The van der Waals surface area contributed by atoms with Gasteiger partial charge in [0.25, 0.3) is 11.7 Å². The number of aromatic hydroxyl groups is 1. The van der Waals surface area contributed by atoms with E-state index in [0.29, 0.717) is 5.56 Å². The highest BCUT2D eigenvalue weighted by Crippen LogP contribution is 2.44. The molecule has 0 saturated carbocycles. The number of carbonyl (C=O) groups is 2. The molecule has 3 aromatic carbocycles. The molecule has 1 fully saturated rings. The van der Waals surface area contributed by atoms with Gasteiger partial charge in [0.05, 0.1) is 16.5 Å². The summed E-state index contributed by atoms with van der Waals surface area (Å²) in [4.78, 5) is 38.2. The summed E-state index contributed by atoms with van der Waals surface area (Å²) in [6, 6.07) is 12.5. The number of carbonyl (C=O) groups excluding carboxylic acids is 2. The van der Waals surface area contributed by atoms with Gasteiger partial charge in [-0.15, -0.1) is 0 Å². The molecule has 2 N–H and O–H groups in total. The molecular formula is C27H21FN2O6. The molecule has 3 aromatic rings. The highest BCUT2D eigenvalue weighted by molar-refractivity contribution is 6.51. The van der Waals surface area contributed by atoms with Gasteiger partial charge in [-0.3, -0.25) is 24.6 Å². The number of nitro groups is 1. The number of hydrogen-bond acceptors (Lipinski definition) is 6. The highest BCUT2D eigenvalue weighted by atomic mass is 19.1. The topological polar surface area (TPSA) is 121 Å². The van der Waals surface area contributed by atoms with Crippen LogP contribution in [0.2, 0.25) is 0 Å². The zero-order valence-corrected chi connectivity index (χ0v) is 19.0. The van der Waals surface area contributed by atoms with E-state index in [9.17, 15) is 34.3 Å². The number of aliphatic hydroxyl groups is 1. The number of hydrogen-bond donors (Lipinski definition) is 2. The molecule has 1 amide bonds. The summed E-state index contributed by atoms with van der Waals surface area (Å²) in [7, 11) is 0. The summed E-state index contributed by atoms with van der Waals surface area (Å²) < 4.78 is 13.6. The van der Waals surface area contributed by atoms with Crippen LogP contribution >= 0.6 is 0 Å². The Morgan fingerprint density at radius 3 is 2.36 bits per heavy atom. The van der Waals surface area contributed by atoms with E-state index in [0.717, 1.165) is 66.0 Å². The number of halogens is 1. The molecule has 9 heteroatoms. The summed E-state index contributed by atoms with van der Waals surface area (Å²) in [5, 5.41) is 32.7. The van der Waals surface area contributed by atoms with E-state index in [2.05, 4.69) is 0 Å². The zero-order valence-electron chi connectivity index (χ0n) is 19.0. The van der Waals surface area contributed by atoms with Crippen molar-refractivity contribution in [2.45, 2.75) is 31.7 Å². The van der Waals surface area contributed by atoms with Gasteiger partial charge in [-0.2, -0.15) is 0 Å². The molecule has 0 radical (unpaired) electrons. The minimum Gasteiger partial charge on any atom is -0.507 e. The number of rotatable bonds is 4. The summed E-state index contributed by atoms with van der Waals surface area (Å²) in [5.74, 6) is -3.50. The van der Waals surface area contributed by atoms with Crippen LogP contribution in [0.5, 0.6) is 5.75 Å². The predicted octanol–water partition coefficient (Wildman–Crippen LogP) is 4.94. The van der Waals surface area contributed by atoms with Crippen molar-refractivity contribution in [3.63, 3.8) is 0 Å². The van der Waals surface area contributed by atoms with Crippen LogP contribution in [-0.2, 0) is 22.4 Å². The predicted molar refractivity (Wildman–Crippen MR) is 129 cm³/mol. The first kappa shape index (κ1) is 23.2. The third kappa shape index (κ3) is 3.88. The molecule has 2 aliphatic rings. The summed E-state index contributed by atoms with van der Waals surface area (Å²) in [6.07, 6.45) is 3.82. The van der Waals surface area contributed by atoms with Gasteiger partial charge in [0.15, 0.2) is 5.75 Å². The van der Waals surface area contributed by atoms with Crippen molar-refractivity contribution in [1.29, 1.82) is 0 Å². The third-order valence-electron chi connectivity index (χ3n) is 6.68. The van der Waals surface area contributed by atoms with Crippen molar-refractivity contribution in [3.8, 4) is 5.75 Å². The largest absolute Gasteiger partial charge is 0.507 e. The van der Waals surface area contributed by atoms with Gasteiger partial charge in [-0.25, -0.2) is 4.39 Å². The van der Waals surface area contributed by atoms with Crippen LogP contribution in [-0.4, -0.2) is 26.8 Å². The van der Waals surface area contributed by atoms with Crippen molar-refractivity contribution in [1.82, 2.24) is 0 Å². The van der Waals surface area contributed by atoms with E-state index in [4.69, 9.17) is 0 Å². The Kier molecular flexibility index (Phi) is 5.75. The molecule has 1 atom stereocenters. The molecule has 5 rings (SSSR count). The molecule has 0 bridgehead atoms. The molecule has 1 unspecified atom stereocenters. The van der Waals surface area contributed by atoms with Gasteiger partial charge in [-0.05, 0) is 78.8 Å². The number of phenols is 1. The van der Waals surface area contributed by atoms with Gasteiger partial charge < -0.3 is 10.2 Å². The molecule has 1 aliphatic heterocycles. The number of anilines is 1. The average Bonchev–Trinajstić information content (AvgIpc) is 3.14. The average molecular weight is 488 g/mol. The number of nitro benzene ring substituents is 1. The lowest BCUT2D eigenvalue weighted by Gasteiger charge is -2.25. The lowest BCUT2D eigenvalue weighted by molar-refractivity contribution is -0.385. The SMILES string of the molecule is O=C1C(=O)N(c2ccc(F)cc2)C(c2ccc(O)c([N+](=O)[O-])c2)/C1=C(\O)c1ccc2c(c1)CCCC2. The van der Waals surface area contributed by atoms with Gasteiger partial charge in [0, 0.05) is 17.3 Å². The molecule has 182 valence electrons. The molecule has 1 saturated heterocycles. The van der Waals surface area contributed by atoms with Crippen molar-refractivity contribution in [3.05, 3.63) is 104 Å². The Balaban J connectivity index is 1.72. The van der Waals surface area contributed by atoms with Gasteiger partial charge in [-0.1, -0.05) is 18.2 Å². The number of phenolic OH excluding ortho intramolecular Hbond substituents is 1. The van der Waals surface area contributed by atoms with Crippen LogP contribution in [0.3, 0.4) is 0 Å². The minimum atomic E-state index is -1.24. The van der Waals surface area contributed by atoms with Crippen molar-refractivity contribution in [2.24, 2.45) is 0 Å². The first-order valence-corrected chi connectivity index (χ1v) is 11.4. The minimum absolute atomic E-state index is 0.127. The number of ketones is 1. The van der Waals surface area contributed by atoms with Gasteiger partial charge >= 0.3 is 5.69 Å². The zero-order chi connectivity index (χ0) is 25.6. The summed E-state index contributed by atoms with van der Waals surface area (Å²) in [5.41, 5.74) is 1.99. The van der Waals surface area contributed by atoms with Crippen LogP contribution in [0.25, 0.3) is 5.76 Å². The molecule has 0 spiro atoms. The second kappa shape index (κ2) is 8.92. The van der Waals surface area contributed by atoms with Crippen molar-refractivity contribution < 1.29 is 29.1 Å². The van der Waals surface area contributed by atoms with Crippen LogP contribution < -0.4 is 4.90 Å². The molecule has 8 nitrogen and oxygen atoms in total. The van der Waals surface area contributed by atoms with Crippen LogP contribution in [0.1, 0.15) is 41.1 Å². The fraction of sp³-hybridized carbons (Fsp3) is 0.185. The van der Waals surface area contributed by atoms with E-state index >= 15 is 0 Å². The van der Waals surface area contributed by atoms with Crippen molar-refractivity contribution >= 4 is 28.8 Å². The monoisotopic (exact) mass is 488 g/mol. The van der Waals surface area contributed by atoms with E-state index < -0.39 is 45.7 Å². The Hall–Kier alpha value is -4.53. The quantitative estimate of drug-likeness (QED) is 0.176. The first-order chi connectivity index (χ1) is 17.3. The van der Waals surface area contributed by atoms with E-state index in [-0.39, 0.29) is 16.8 Å². The smallest absolute Gasteiger partial charge is 0.311 e. The second-order valence-corrected chi connectivity index (χ2v) is 8.84. The molecular weight excluding hydrogens is 467 g/mol. The number of aliphatic hydroxyl groups excluding tert-OH is 1. The summed E-state index contributed by atoms with van der Waals surface area (Å²) in [6.45, 7) is 0. The lowest BCUT2D eigenvalue weighted by atomic mass is 9.88. The van der Waals surface area contributed by atoms with Crippen LogP contribution in [0.15, 0.2) is 66.2 Å². The van der Waals surface area contributed by atoms with E-state index in [1.807, 2.05) is 6.07 Å². The molecule has 0 aromatic heterocycles. The first-order valence-electron chi connectivity index (χ1n) is 11.4. The highest BCUT2D eigenvalue weighted by Gasteiger charge is 2.47. The Morgan fingerprint density at radius 2 is 1.67 bits per heavy atom.